The molecule has 1 aromatic heterocycles. The van der Waals surface area contributed by atoms with Crippen LogP contribution in [-0.4, -0.2) is 47.2 Å². The number of hydrogen-bond donors (Lipinski definition) is 0. The van der Waals surface area contributed by atoms with Crippen LogP contribution in [0.1, 0.15) is 35.7 Å². The second kappa shape index (κ2) is 6.39. The average Bonchev–Trinajstić information content (AvgIpc) is 2.95. The quantitative estimate of drug-likeness (QED) is 0.862. The first-order chi connectivity index (χ1) is 12.4. The maximum Gasteiger partial charge on any atom is 0.225 e. The monoisotopic (exact) mass is 336 g/mol. The Morgan fingerprint density at radius 1 is 1.08 bits per heavy atom. The van der Waals surface area contributed by atoms with Crippen molar-refractivity contribution in [3.8, 4) is 0 Å². The van der Waals surface area contributed by atoms with Crippen LogP contribution >= 0.6 is 0 Å². The van der Waals surface area contributed by atoms with Gasteiger partial charge in [-0.25, -0.2) is 9.97 Å². The van der Waals surface area contributed by atoms with E-state index in [0.717, 1.165) is 45.2 Å². The third kappa shape index (κ3) is 2.81. The predicted octanol–water partition coefficient (Wildman–Crippen LogP) is 2.58. The van der Waals surface area contributed by atoms with Crippen molar-refractivity contribution in [3.63, 3.8) is 0 Å². The number of ether oxygens (including phenoxy) is 1. The van der Waals surface area contributed by atoms with Gasteiger partial charge >= 0.3 is 0 Å². The molecule has 0 aliphatic carbocycles. The molecule has 1 aromatic carbocycles. The first-order valence-corrected chi connectivity index (χ1v) is 9.36. The fourth-order valence-corrected chi connectivity index (χ4v) is 4.52. The molecule has 0 saturated carbocycles. The van der Waals surface area contributed by atoms with Gasteiger partial charge in [-0.15, -0.1) is 0 Å². The van der Waals surface area contributed by atoms with Crippen LogP contribution in [0.3, 0.4) is 0 Å². The van der Waals surface area contributed by atoms with Crippen molar-refractivity contribution in [1.29, 1.82) is 0 Å². The number of morpholine rings is 1. The van der Waals surface area contributed by atoms with Crippen LogP contribution in [0.4, 0.5) is 5.95 Å². The normalized spacial score (nSPS) is 25.8. The Morgan fingerprint density at radius 3 is 2.76 bits per heavy atom. The van der Waals surface area contributed by atoms with Gasteiger partial charge in [0.15, 0.2) is 0 Å². The minimum Gasteiger partial charge on any atom is -0.378 e. The van der Waals surface area contributed by atoms with Gasteiger partial charge in [0.1, 0.15) is 0 Å². The standard InChI is InChI=1S/C20H24N4O/c1-2-4-15(5-3-1)14-24-16-6-7-19(24)17-13-21-20(22-18(17)12-16)23-8-10-25-11-9-23/h1-5,13,16,19H,6-12,14H2. The van der Waals surface area contributed by atoms with Gasteiger partial charge in [0.2, 0.25) is 5.95 Å². The molecular weight excluding hydrogens is 312 g/mol. The summed E-state index contributed by atoms with van der Waals surface area (Å²) in [6.07, 6.45) is 5.64. The van der Waals surface area contributed by atoms with Crippen molar-refractivity contribution in [2.75, 3.05) is 31.2 Å². The van der Waals surface area contributed by atoms with Crippen LogP contribution in [-0.2, 0) is 17.7 Å². The summed E-state index contributed by atoms with van der Waals surface area (Å²) in [6.45, 7) is 4.37. The number of fused-ring (bicyclic) bond motifs is 4. The maximum absolute atomic E-state index is 5.44. The molecule has 0 spiro atoms. The van der Waals surface area contributed by atoms with Crippen LogP contribution in [0.5, 0.6) is 0 Å². The van der Waals surface area contributed by atoms with E-state index < -0.39 is 0 Å². The van der Waals surface area contributed by atoms with Crippen LogP contribution < -0.4 is 4.90 Å². The summed E-state index contributed by atoms with van der Waals surface area (Å²) in [5, 5.41) is 0. The molecule has 2 fully saturated rings. The average molecular weight is 336 g/mol. The highest BCUT2D eigenvalue weighted by atomic mass is 16.5. The second-order valence-corrected chi connectivity index (χ2v) is 7.28. The number of anilines is 1. The van der Waals surface area contributed by atoms with E-state index >= 15 is 0 Å². The number of rotatable bonds is 3. The molecular formula is C20H24N4O. The third-order valence-electron chi connectivity index (χ3n) is 5.82. The minimum absolute atomic E-state index is 0.479. The third-order valence-corrected chi connectivity index (χ3v) is 5.82. The first-order valence-electron chi connectivity index (χ1n) is 9.36. The van der Waals surface area contributed by atoms with Gasteiger partial charge in [-0.1, -0.05) is 30.3 Å². The molecule has 2 aromatic rings. The molecule has 2 unspecified atom stereocenters. The molecule has 4 heterocycles. The van der Waals surface area contributed by atoms with E-state index in [1.807, 2.05) is 0 Å². The van der Waals surface area contributed by atoms with E-state index in [-0.39, 0.29) is 0 Å². The smallest absolute Gasteiger partial charge is 0.225 e. The van der Waals surface area contributed by atoms with Crippen LogP contribution in [0.2, 0.25) is 0 Å². The van der Waals surface area contributed by atoms with E-state index in [1.165, 1.54) is 29.7 Å². The molecule has 0 radical (unpaired) electrons. The summed E-state index contributed by atoms with van der Waals surface area (Å²) in [5.41, 5.74) is 4.02. The SMILES string of the molecule is c1ccc(CN2C3CCC2c2cnc(N4CCOCC4)nc2C3)cc1. The van der Waals surface area contributed by atoms with Gasteiger partial charge in [0, 0.05) is 49.9 Å². The second-order valence-electron chi connectivity index (χ2n) is 7.28. The largest absolute Gasteiger partial charge is 0.378 e. The van der Waals surface area contributed by atoms with Crippen LogP contribution in [0.15, 0.2) is 36.5 Å². The van der Waals surface area contributed by atoms with Crippen molar-refractivity contribution in [2.24, 2.45) is 0 Å². The van der Waals surface area contributed by atoms with Gasteiger partial charge in [-0.05, 0) is 18.4 Å². The zero-order valence-electron chi connectivity index (χ0n) is 14.5. The number of hydrogen-bond acceptors (Lipinski definition) is 5. The van der Waals surface area contributed by atoms with Gasteiger partial charge < -0.3 is 9.64 Å². The van der Waals surface area contributed by atoms with Crippen molar-refractivity contribution < 1.29 is 4.74 Å². The zero-order chi connectivity index (χ0) is 16.6. The molecule has 25 heavy (non-hydrogen) atoms. The fraction of sp³-hybridized carbons (Fsp3) is 0.500. The topological polar surface area (TPSA) is 41.5 Å². The zero-order valence-corrected chi connectivity index (χ0v) is 14.5. The Kier molecular flexibility index (Phi) is 3.91. The Hall–Kier alpha value is -1.98. The van der Waals surface area contributed by atoms with E-state index in [1.54, 1.807) is 0 Å². The first kappa shape index (κ1) is 15.3. The Morgan fingerprint density at radius 2 is 1.92 bits per heavy atom. The lowest BCUT2D eigenvalue weighted by molar-refractivity contribution is 0.122. The summed E-state index contributed by atoms with van der Waals surface area (Å²) >= 11 is 0. The Bertz CT molecular complexity index is 745. The molecule has 0 amide bonds. The minimum atomic E-state index is 0.479. The molecule has 2 saturated heterocycles. The highest BCUT2D eigenvalue weighted by molar-refractivity contribution is 5.37. The molecule has 5 rings (SSSR count). The van der Waals surface area contributed by atoms with Crippen LogP contribution in [0.25, 0.3) is 0 Å². The maximum atomic E-state index is 5.44. The summed E-state index contributed by atoms with van der Waals surface area (Å²) in [7, 11) is 0. The van der Waals surface area contributed by atoms with Gasteiger partial charge in [-0.2, -0.15) is 0 Å². The predicted molar refractivity (Wildman–Crippen MR) is 96.5 cm³/mol. The van der Waals surface area contributed by atoms with Crippen molar-refractivity contribution in [3.05, 3.63) is 53.3 Å². The van der Waals surface area contributed by atoms with Gasteiger partial charge in [-0.3, -0.25) is 4.90 Å². The van der Waals surface area contributed by atoms with Crippen molar-refractivity contribution in [2.45, 2.75) is 37.9 Å². The van der Waals surface area contributed by atoms with E-state index in [2.05, 4.69) is 46.3 Å². The molecule has 3 aliphatic heterocycles. The number of nitrogens with zero attached hydrogens (tertiary/aromatic N) is 4. The van der Waals surface area contributed by atoms with E-state index in [9.17, 15) is 0 Å². The van der Waals surface area contributed by atoms with Gasteiger partial charge in [0.25, 0.3) is 0 Å². The number of aromatic nitrogens is 2. The summed E-state index contributed by atoms with van der Waals surface area (Å²) in [4.78, 5) is 14.6. The van der Waals surface area contributed by atoms with E-state index in [0.29, 0.717) is 12.1 Å². The molecule has 130 valence electrons. The molecule has 5 nitrogen and oxygen atoms in total. The molecule has 2 bridgehead atoms. The Balaban J connectivity index is 1.40. The fourth-order valence-electron chi connectivity index (χ4n) is 4.52. The Labute approximate surface area is 148 Å². The lowest BCUT2D eigenvalue weighted by atomic mass is 9.98. The molecule has 0 N–H and O–H groups in total. The summed E-state index contributed by atoms with van der Waals surface area (Å²) in [6, 6.07) is 11.9. The molecule has 2 atom stereocenters. The van der Waals surface area contributed by atoms with E-state index in [4.69, 9.17) is 14.7 Å². The van der Waals surface area contributed by atoms with Crippen LogP contribution in [0, 0.1) is 0 Å². The highest BCUT2D eigenvalue weighted by Crippen LogP contribution is 2.43. The van der Waals surface area contributed by atoms with Gasteiger partial charge in [0.05, 0.1) is 18.9 Å². The lowest BCUT2D eigenvalue weighted by Gasteiger charge is -2.36. The summed E-state index contributed by atoms with van der Waals surface area (Å²) in [5.74, 6) is 0.887. The summed E-state index contributed by atoms with van der Waals surface area (Å²) < 4.78 is 5.44. The number of benzene rings is 1. The van der Waals surface area contributed by atoms with Crippen molar-refractivity contribution in [1.82, 2.24) is 14.9 Å². The lowest BCUT2D eigenvalue weighted by Crippen LogP contribution is -2.40. The molecule has 5 heteroatoms. The van der Waals surface area contributed by atoms with Crippen molar-refractivity contribution >= 4 is 5.95 Å². The highest BCUT2D eigenvalue weighted by Gasteiger charge is 2.40. The molecule has 3 aliphatic rings.